The molecule has 0 atom stereocenters. The first-order valence-corrected chi connectivity index (χ1v) is 6.02. The number of carbonyl (C=O) groups excluding carboxylic acids is 1. The number of amides is 1. The maximum Gasteiger partial charge on any atom is 0.275 e. The lowest BCUT2D eigenvalue weighted by atomic mass is 10.2. The number of aryl methyl sites for hydroxylation is 1. The first-order valence-electron chi connectivity index (χ1n) is 6.02. The summed E-state index contributed by atoms with van der Waals surface area (Å²) in [7, 11) is 0. The van der Waals surface area contributed by atoms with Gasteiger partial charge in [0.05, 0.1) is 0 Å². The Morgan fingerprint density at radius 2 is 2.15 bits per heavy atom. The van der Waals surface area contributed by atoms with Gasteiger partial charge in [-0.15, -0.1) is 0 Å². The molecule has 5 nitrogen and oxygen atoms in total. The Hall–Kier alpha value is -2.76. The number of halogens is 1. The fourth-order valence-electron chi connectivity index (χ4n) is 1.90. The SMILES string of the molecule is Cc1cc(NC(=O)c2ccc3cccc(F)c3n2)n[nH]1. The Bertz CT molecular complexity index is 797. The normalized spacial score (nSPS) is 10.7. The van der Waals surface area contributed by atoms with Crippen molar-refractivity contribution in [3.05, 3.63) is 53.6 Å². The van der Waals surface area contributed by atoms with Crippen molar-refractivity contribution in [3.63, 3.8) is 0 Å². The molecule has 0 bridgehead atoms. The van der Waals surface area contributed by atoms with Crippen LogP contribution in [0.3, 0.4) is 0 Å². The highest BCUT2D eigenvalue weighted by molar-refractivity contribution is 6.03. The molecule has 0 spiro atoms. The highest BCUT2D eigenvalue weighted by Gasteiger charge is 2.11. The van der Waals surface area contributed by atoms with E-state index in [0.29, 0.717) is 11.2 Å². The zero-order valence-corrected chi connectivity index (χ0v) is 10.6. The molecule has 1 aromatic carbocycles. The van der Waals surface area contributed by atoms with E-state index in [2.05, 4.69) is 20.5 Å². The summed E-state index contributed by atoms with van der Waals surface area (Å²) in [6, 6.07) is 9.57. The van der Waals surface area contributed by atoms with Crippen molar-refractivity contribution >= 4 is 22.6 Å². The maximum absolute atomic E-state index is 13.6. The fraction of sp³-hybridized carbons (Fsp3) is 0.0714. The Labute approximate surface area is 113 Å². The van der Waals surface area contributed by atoms with E-state index in [9.17, 15) is 9.18 Å². The Balaban J connectivity index is 1.93. The van der Waals surface area contributed by atoms with Crippen molar-refractivity contribution in [1.82, 2.24) is 15.2 Å². The number of carbonyl (C=O) groups is 1. The lowest BCUT2D eigenvalue weighted by Crippen LogP contribution is -2.14. The molecule has 3 aromatic rings. The van der Waals surface area contributed by atoms with Gasteiger partial charge in [-0.25, -0.2) is 9.37 Å². The number of para-hydroxylation sites is 1. The van der Waals surface area contributed by atoms with Crippen LogP contribution in [0.4, 0.5) is 10.2 Å². The lowest BCUT2D eigenvalue weighted by molar-refractivity contribution is 0.102. The summed E-state index contributed by atoms with van der Waals surface area (Å²) < 4.78 is 13.6. The number of aromatic amines is 1. The van der Waals surface area contributed by atoms with E-state index in [0.717, 1.165) is 5.69 Å². The van der Waals surface area contributed by atoms with Crippen LogP contribution in [-0.2, 0) is 0 Å². The van der Waals surface area contributed by atoms with Gasteiger partial charge in [0.15, 0.2) is 5.82 Å². The van der Waals surface area contributed by atoms with E-state index < -0.39 is 11.7 Å². The molecule has 0 saturated carbocycles. The van der Waals surface area contributed by atoms with Gasteiger partial charge < -0.3 is 5.32 Å². The molecule has 0 aliphatic heterocycles. The van der Waals surface area contributed by atoms with E-state index in [1.54, 1.807) is 30.3 Å². The number of anilines is 1. The zero-order valence-electron chi connectivity index (χ0n) is 10.6. The summed E-state index contributed by atoms with van der Waals surface area (Å²) in [6.45, 7) is 1.83. The average Bonchev–Trinajstić information content (AvgIpc) is 2.84. The number of nitrogens with one attached hydrogen (secondary N) is 2. The van der Waals surface area contributed by atoms with E-state index in [-0.39, 0.29) is 11.2 Å². The predicted molar refractivity (Wildman–Crippen MR) is 73.0 cm³/mol. The number of hydrogen-bond acceptors (Lipinski definition) is 3. The standard InChI is InChI=1S/C14H11FN4O/c1-8-7-12(19-18-8)17-14(20)11-6-5-9-3-2-4-10(15)13(9)16-11/h2-7H,1H3,(H2,17,18,19,20). The van der Waals surface area contributed by atoms with Gasteiger partial charge in [0.2, 0.25) is 0 Å². The van der Waals surface area contributed by atoms with E-state index in [1.807, 2.05) is 6.92 Å². The molecule has 0 unspecified atom stereocenters. The molecule has 1 amide bonds. The maximum atomic E-state index is 13.6. The van der Waals surface area contributed by atoms with Crippen LogP contribution in [0.25, 0.3) is 10.9 Å². The first kappa shape index (κ1) is 12.3. The zero-order chi connectivity index (χ0) is 14.1. The molecule has 6 heteroatoms. The molecule has 2 N–H and O–H groups in total. The second-order valence-corrected chi connectivity index (χ2v) is 4.40. The Kier molecular flexibility index (Phi) is 2.90. The molecule has 0 fully saturated rings. The van der Waals surface area contributed by atoms with Crippen molar-refractivity contribution in [3.8, 4) is 0 Å². The van der Waals surface area contributed by atoms with Gasteiger partial charge in [-0.1, -0.05) is 18.2 Å². The van der Waals surface area contributed by atoms with Crippen LogP contribution >= 0.6 is 0 Å². The van der Waals surface area contributed by atoms with Crippen LogP contribution in [0.2, 0.25) is 0 Å². The van der Waals surface area contributed by atoms with Gasteiger partial charge in [0.25, 0.3) is 5.91 Å². The summed E-state index contributed by atoms with van der Waals surface area (Å²) in [5.41, 5.74) is 1.15. The number of H-pyrrole nitrogens is 1. The van der Waals surface area contributed by atoms with E-state index >= 15 is 0 Å². The molecule has 3 rings (SSSR count). The summed E-state index contributed by atoms with van der Waals surface area (Å²) >= 11 is 0. The minimum absolute atomic E-state index is 0.142. The second-order valence-electron chi connectivity index (χ2n) is 4.40. The third-order valence-electron chi connectivity index (χ3n) is 2.85. The molecule has 20 heavy (non-hydrogen) atoms. The molecule has 0 saturated heterocycles. The minimum atomic E-state index is -0.451. The van der Waals surface area contributed by atoms with Gasteiger partial charge >= 0.3 is 0 Å². The topological polar surface area (TPSA) is 70.7 Å². The van der Waals surface area contributed by atoms with Crippen LogP contribution in [0.1, 0.15) is 16.2 Å². The smallest absolute Gasteiger partial charge is 0.275 e. The quantitative estimate of drug-likeness (QED) is 0.752. The molecular weight excluding hydrogens is 259 g/mol. The molecular formula is C14H11FN4O. The highest BCUT2D eigenvalue weighted by Crippen LogP contribution is 2.16. The third-order valence-corrected chi connectivity index (χ3v) is 2.85. The predicted octanol–water partition coefficient (Wildman–Crippen LogP) is 2.66. The number of hydrogen-bond donors (Lipinski definition) is 2. The molecule has 0 radical (unpaired) electrons. The number of aromatic nitrogens is 3. The van der Waals surface area contributed by atoms with Gasteiger partial charge in [-0.05, 0) is 19.1 Å². The Morgan fingerprint density at radius 1 is 1.30 bits per heavy atom. The first-order chi connectivity index (χ1) is 9.63. The van der Waals surface area contributed by atoms with E-state index in [1.165, 1.54) is 6.07 Å². The second kappa shape index (κ2) is 4.73. The number of nitrogens with zero attached hydrogens (tertiary/aromatic N) is 2. The minimum Gasteiger partial charge on any atom is -0.304 e. The van der Waals surface area contributed by atoms with Gasteiger partial charge in [-0.3, -0.25) is 9.89 Å². The molecule has 0 aliphatic carbocycles. The Morgan fingerprint density at radius 3 is 2.90 bits per heavy atom. The van der Waals surface area contributed by atoms with Crippen molar-refractivity contribution in [2.24, 2.45) is 0 Å². The fourth-order valence-corrected chi connectivity index (χ4v) is 1.90. The largest absolute Gasteiger partial charge is 0.304 e. The molecule has 2 aromatic heterocycles. The number of fused-ring (bicyclic) bond motifs is 1. The van der Waals surface area contributed by atoms with Gasteiger partial charge in [0, 0.05) is 17.1 Å². The molecule has 100 valence electrons. The van der Waals surface area contributed by atoms with Crippen molar-refractivity contribution in [2.45, 2.75) is 6.92 Å². The molecule has 0 aliphatic rings. The summed E-state index contributed by atoms with van der Waals surface area (Å²) in [5, 5.41) is 9.87. The van der Waals surface area contributed by atoms with Crippen LogP contribution in [-0.4, -0.2) is 21.1 Å². The lowest BCUT2D eigenvalue weighted by Gasteiger charge is -2.03. The highest BCUT2D eigenvalue weighted by atomic mass is 19.1. The van der Waals surface area contributed by atoms with Crippen molar-refractivity contribution in [1.29, 1.82) is 0 Å². The number of rotatable bonds is 2. The third kappa shape index (κ3) is 2.23. The molecule has 2 heterocycles. The number of pyridine rings is 1. The summed E-state index contributed by atoms with van der Waals surface area (Å²) in [6.07, 6.45) is 0. The average molecular weight is 270 g/mol. The summed E-state index contributed by atoms with van der Waals surface area (Å²) in [4.78, 5) is 16.1. The van der Waals surface area contributed by atoms with Crippen LogP contribution < -0.4 is 5.32 Å². The van der Waals surface area contributed by atoms with Crippen LogP contribution in [0.15, 0.2) is 36.4 Å². The van der Waals surface area contributed by atoms with Crippen molar-refractivity contribution in [2.75, 3.05) is 5.32 Å². The van der Waals surface area contributed by atoms with Crippen molar-refractivity contribution < 1.29 is 9.18 Å². The number of benzene rings is 1. The monoisotopic (exact) mass is 270 g/mol. The van der Waals surface area contributed by atoms with Gasteiger partial charge in [-0.2, -0.15) is 5.10 Å². The van der Waals surface area contributed by atoms with E-state index in [4.69, 9.17) is 0 Å². The van der Waals surface area contributed by atoms with Crippen LogP contribution in [0, 0.1) is 12.7 Å². The summed E-state index contributed by atoms with van der Waals surface area (Å²) in [5.74, 6) is -0.475. The van der Waals surface area contributed by atoms with Crippen LogP contribution in [0.5, 0.6) is 0 Å². The van der Waals surface area contributed by atoms with Gasteiger partial charge in [0.1, 0.15) is 17.0 Å².